The van der Waals surface area contributed by atoms with Gasteiger partial charge in [-0.2, -0.15) is 0 Å². The summed E-state index contributed by atoms with van der Waals surface area (Å²) in [6.45, 7) is 15.9. The van der Waals surface area contributed by atoms with Crippen molar-refractivity contribution < 1.29 is 19.1 Å². The quantitative estimate of drug-likeness (QED) is 0.369. The van der Waals surface area contributed by atoms with Crippen LogP contribution >= 0.6 is 0 Å². The summed E-state index contributed by atoms with van der Waals surface area (Å²) in [6.07, 6.45) is 5.80. The standard InChI is InChI=1S/C16H24O4/c1-7-13(17)19-15(4,5)11-10-12-16(6,9-3)20-14(18)8-2/h7-9H,1-3,10-12H2,4-6H3. The largest absolute Gasteiger partial charge is 0.457 e. The molecule has 0 aromatic heterocycles. The Morgan fingerprint density at radius 2 is 1.45 bits per heavy atom. The minimum atomic E-state index is -0.746. The van der Waals surface area contributed by atoms with E-state index in [9.17, 15) is 9.59 Å². The molecule has 0 N–H and O–H groups in total. The molecule has 1 unspecified atom stereocenters. The Labute approximate surface area is 121 Å². The van der Waals surface area contributed by atoms with Gasteiger partial charge in [0, 0.05) is 12.2 Å². The van der Waals surface area contributed by atoms with Crippen LogP contribution in [0.15, 0.2) is 38.0 Å². The fourth-order valence-corrected chi connectivity index (χ4v) is 1.70. The molecule has 0 aliphatic heterocycles. The molecule has 0 spiro atoms. The van der Waals surface area contributed by atoms with E-state index in [-0.39, 0.29) is 0 Å². The molecule has 0 aromatic carbocycles. The third-order valence-electron chi connectivity index (χ3n) is 2.93. The summed E-state index contributed by atoms with van der Waals surface area (Å²) in [7, 11) is 0. The van der Waals surface area contributed by atoms with Crippen LogP contribution in [0.1, 0.15) is 40.0 Å². The van der Waals surface area contributed by atoms with Gasteiger partial charge in [-0.25, -0.2) is 9.59 Å². The van der Waals surface area contributed by atoms with E-state index in [1.165, 1.54) is 0 Å². The van der Waals surface area contributed by atoms with Gasteiger partial charge in [-0.1, -0.05) is 19.7 Å². The van der Waals surface area contributed by atoms with Crippen molar-refractivity contribution in [3.8, 4) is 0 Å². The summed E-state index contributed by atoms with van der Waals surface area (Å²) < 4.78 is 10.5. The Morgan fingerprint density at radius 3 is 1.90 bits per heavy atom. The molecule has 112 valence electrons. The molecule has 0 aromatic rings. The van der Waals surface area contributed by atoms with Gasteiger partial charge in [-0.3, -0.25) is 0 Å². The summed E-state index contributed by atoms with van der Waals surface area (Å²) in [6, 6.07) is 0. The Hall–Kier alpha value is -1.84. The van der Waals surface area contributed by atoms with Gasteiger partial charge >= 0.3 is 11.9 Å². The molecule has 0 saturated heterocycles. The van der Waals surface area contributed by atoms with E-state index in [4.69, 9.17) is 9.47 Å². The fraction of sp³-hybridized carbons (Fsp3) is 0.500. The zero-order chi connectivity index (χ0) is 15.8. The highest BCUT2D eigenvalue weighted by molar-refractivity contribution is 5.82. The van der Waals surface area contributed by atoms with E-state index >= 15 is 0 Å². The summed E-state index contributed by atoms with van der Waals surface area (Å²) in [5, 5.41) is 0. The lowest BCUT2D eigenvalue weighted by Gasteiger charge is -2.28. The van der Waals surface area contributed by atoms with Crippen LogP contribution in [0.4, 0.5) is 0 Å². The molecular formula is C16H24O4. The summed E-state index contributed by atoms with van der Waals surface area (Å²) in [5.74, 6) is -0.927. The minimum absolute atomic E-state index is 0.445. The van der Waals surface area contributed by atoms with Crippen molar-refractivity contribution >= 4 is 11.9 Å². The monoisotopic (exact) mass is 280 g/mol. The smallest absolute Gasteiger partial charge is 0.331 e. The Balaban J connectivity index is 4.41. The first-order chi connectivity index (χ1) is 9.18. The number of carbonyl (C=O) groups is 2. The van der Waals surface area contributed by atoms with Gasteiger partial charge in [0.2, 0.25) is 0 Å². The summed E-state index contributed by atoms with van der Waals surface area (Å²) in [5.41, 5.74) is -1.33. The van der Waals surface area contributed by atoms with Gasteiger partial charge in [0.05, 0.1) is 0 Å². The molecule has 0 heterocycles. The molecule has 0 saturated carbocycles. The van der Waals surface area contributed by atoms with Gasteiger partial charge in [-0.05, 0) is 46.1 Å². The van der Waals surface area contributed by atoms with Crippen LogP contribution in [-0.4, -0.2) is 23.1 Å². The third kappa shape index (κ3) is 6.92. The maximum Gasteiger partial charge on any atom is 0.331 e. The van der Waals surface area contributed by atoms with Crippen LogP contribution in [0, 0.1) is 0 Å². The van der Waals surface area contributed by atoms with Gasteiger partial charge in [0.1, 0.15) is 11.2 Å². The van der Waals surface area contributed by atoms with Crippen LogP contribution in [-0.2, 0) is 19.1 Å². The van der Waals surface area contributed by atoms with Crippen molar-refractivity contribution in [2.45, 2.75) is 51.2 Å². The van der Waals surface area contributed by atoms with Crippen molar-refractivity contribution in [2.24, 2.45) is 0 Å². The zero-order valence-electron chi connectivity index (χ0n) is 12.6. The Morgan fingerprint density at radius 1 is 0.950 bits per heavy atom. The minimum Gasteiger partial charge on any atom is -0.457 e. The highest BCUT2D eigenvalue weighted by Crippen LogP contribution is 2.25. The van der Waals surface area contributed by atoms with Crippen LogP contribution in [0.25, 0.3) is 0 Å². The molecule has 0 aliphatic rings. The second-order valence-corrected chi connectivity index (χ2v) is 5.38. The van der Waals surface area contributed by atoms with Crippen LogP contribution < -0.4 is 0 Å². The van der Waals surface area contributed by atoms with E-state index in [2.05, 4.69) is 19.7 Å². The maximum absolute atomic E-state index is 11.3. The molecule has 1 atom stereocenters. The van der Waals surface area contributed by atoms with E-state index in [1.807, 2.05) is 13.8 Å². The van der Waals surface area contributed by atoms with Crippen molar-refractivity contribution in [2.75, 3.05) is 0 Å². The molecular weight excluding hydrogens is 256 g/mol. The van der Waals surface area contributed by atoms with Crippen molar-refractivity contribution in [1.82, 2.24) is 0 Å². The van der Waals surface area contributed by atoms with Crippen LogP contribution in [0.5, 0.6) is 0 Å². The second kappa shape index (κ2) is 7.68. The number of carbonyl (C=O) groups excluding carboxylic acids is 2. The first-order valence-corrected chi connectivity index (χ1v) is 6.52. The number of hydrogen-bond acceptors (Lipinski definition) is 4. The third-order valence-corrected chi connectivity index (χ3v) is 2.93. The highest BCUT2D eigenvalue weighted by Gasteiger charge is 2.27. The zero-order valence-corrected chi connectivity index (χ0v) is 12.6. The van der Waals surface area contributed by atoms with E-state index < -0.39 is 23.1 Å². The topological polar surface area (TPSA) is 52.6 Å². The van der Waals surface area contributed by atoms with Gasteiger partial charge in [-0.15, -0.1) is 0 Å². The van der Waals surface area contributed by atoms with Gasteiger partial charge in [0.15, 0.2) is 0 Å². The maximum atomic E-state index is 11.3. The number of rotatable bonds is 9. The SMILES string of the molecule is C=CC(=O)OC(C)(C)CCCC(C)(C=C)OC(=O)C=C. The lowest BCUT2D eigenvalue weighted by molar-refractivity contribution is -0.151. The first-order valence-electron chi connectivity index (χ1n) is 6.52. The summed E-state index contributed by atoms with van der Waals surface area (Å²) in [4.78, 5) is 22.5. The summed E-state index contributed by atoms with van der Waals surface area (Å²) >= 11 is 0. The molecule has 4 heteroatoms. The van der Waals surface area contributed by atoms with E-state index in [1.54, 1.807) is 13.0 Å². The Kier molecular flexibility index (Phi) is 6.97. The molecule has 20 heavy (non-hydrogen) atoms. The predicted octanol–water partition coefficient (Wildman–Crippen LogP) is 3.34. The van der Waals surface area contributed by atoms with Crippen molar-refractivity contribution in [1.29, 1.82) is 0 Å². The second-order valence-electron chi connectivity index (χ2n) is 5.38. The fourth-order valence-electron chi connectivity index (χ4n) is 1.70. The van der Waals surface area contributed by atoms with Crippen LogP contribution in [0.3, 0.4) is 0 Å². The normalized spacial score (nSPS) is 13.8. The molecule has 0 rings (SSSR count). The lowest BCUT2D eigenvalue weighted by Crippen LogP contribution is -2.31. The number of hydrogen-bond donors (Lipinski definition) is 0. The average Bonchev–Trinajstić information content (AvgIpc) is 2.37. The molecule has 0 amide bonds. The number of ether oxygens (including phenoxy) is 2. The molecule has 0 fully saturated rings. The molecule has 0 aliphatic carbocycles. The van der Waals surface area contributed by atoms with Crippen LogP contribution in [0.2, 0.25) is 0 Å². The lowest BCUT2D eigenvalue weighted by atomic mass is 9.93. The van der Waals surface area contributed by atoms with Crippen molar-refractivity contribution in [3.63, 3.8) is 0 Å². The van der Waals surface area contributed by atoms with E-state index in [0.29, 0.717) is 19.3 Å². The molecule has 4 nitrogen and oxygen atoms in total. The molecule has 0 radical (unpaired) electrons. The average molecular weight is 280 g/mol. The number of esters is 2. The van der Waals surface area contributed by atoms with E-state index in [0.717, 1.165) is 12.2 Å². The van der Waals surface area contributed by atoms with Gasteiger partial charge < -0.3 is 9.47 Å². The van der Waals surface area contributed by atoms with Crippen molar-refractivity contribution in [3.05, 3.63) is 38.0 Å². The van der Waals surface area contributed by atoms with Gasteiger partial charge in [0.25, 0.3) is 0 Å². The molecule has 0 bridgehead atoms. The predicted molar refractivity (Wildman–Crippen MR) is 79.1 cm³/mol. The Bertz CT molecular complexity index is 395. The first kappa shape index (κ1) is 18.2. The highest BCUT2D eigenvalue weighted by atomic mass is 16.6.